The summed E-state index contributed by atoms with van der Waals surface area (Å²) in [7, 11) is 0. The molecular weight excluding hydrogens is 270 g/mol. The normalized spacial score (nSPS) is 21.8. The van der Waals surface area contributed by atoms with Gasteiger partial charge in [-0.15, -0.1) is 11.3 Å². The van der Waals surface area contributed by atoms with Crippen LogP contribution in [0, 0.1) is 5.41 Å². The predicted molar refractivity (Wildman–Crippen MR) is 70.1 cm³/mol. The summed E-state index contributed by atoms with van der Waals surface area (Å²) in [6.45, 7) is 2.28. The Balaban J connectivity index is 2.26. The number of nitrogens with two attached hydrogens (primary N) is 1. The average Bonchev–Trinajstić information content (AvgIpc) is 2.86. The Hall–Kier alpha value is 0.140. The zero-order chi connectivity index (χ0) is 10.9. The van der Waals surface area contributed by atoms with Crippen molar-refractivity contribution in [2.45, 2.75) is 45.1 Å². The van der Waals surface area contributed by atoms with Gasteiger partial charge in [0.2, 0.25) is 0 Å². The van der Waals surface area contributed by atoms with E-state index in [0.717, 1.165) is 0 Å². The lowest BCUT2D eigenvalue weighted by molar-refractivity contribution is 0.224. The largest absolute Gasteiger partial charge is 0.323 e. The summed E-state index contributed by atoms with van der Waals surface area (Å²) < 4.78 is 1.19. The van der Waals surface area contributed by atoms with Crippen LogP contribution >= 0.6 is 27.3 Å². The van der Waals surface area contributed by atoms with E-state index in [1.54, 1.807) is 11.3 Å². The number of rotatable bonds is 3. The zero-order valence-corrected chi connectivity index (χ0v) is 11.5. The van der Waals surface area contributed by atoms with Gasteiger partial charge >= 0.3 is 0 Å². The molecule has 0 aromatic carbocycles. The van der Waals surface area contributed by atoms with E-state index in [1.807, 2.05) is 0 Å². The van der Waals surface area contributed by atoms with Gasteiger partial charge in [0.1, 0.15) is 0 Å². The Morgan fingerprint density at radius 3 is 2.67 bits per heavy atom. The van der Waals surface area contributed by atoms with Crippen LogP contribution in [-0.4, -0.2) is 0 Å². The molecule has 0 aliphatic heterocycles. The van der Waals surface area contributed by atoms with Crippen LogP contribution in [0.1, 0.15) is 49.9 Å². The molecule has 1 heterocycles. The molecule has 0 spiro atoms. The summed E-state index contributed by atoms with van der Waals surface area (Å²) in [4.78, 5) is 1.33. The minimum absolute atomic E-state index is 0.222. The molecule has 1 nitrogen and oxygen atoms in total. The van der Waals surface area contributed by atoms with Gasteiger partial charge in [-0.2, -0.15) is 0 Å². The van der Waals surface area contributed by atoms with E-state index in [1.165, 1.54) is 41.5 Å². The molecule has 2 rings (SSSR count). The molecule has 1 aliphatic carbocycles. The van der Waals surface area contributed by atoms with Crippen LogP contribution < -0.4 is 5.73 Å². The van der Waals surface area contributed by atoms with Crippen LogP contribution in [0.3, 0.4) is 0 Å². The Bertz CT molecular complexity index is 328. The van der Waals surface area contributed by atoms with Gasteiger partial charge in [0.05, 0.1) is 0 Å². The summed E-state index contributed by atoms with van der Waals surface area (Å²) in [5.74, 6) is 0. The quantitative estimate of drug-likeness (QED) is 0.871. The molecule has 0 radical (unpaired) electrons. The zero-order valence-electron chi connectivity index (χ0n) is 9.13. The number of thiophene rings is 1. The Morgan fingerprint density at radius 1 is 1.53 bits per heavy atom. The van der Waals surface area contributed by atoms with Crippen molar-refractivity contribution in [3.05, 3.63) is 20.8 Å². The van der Waals surface area contributed by atoms with Gasteiger partial charge in [0.25, 0.3) is 0 Å². The van der Waals surface area contributed by atoms with Crippen molar-refractivity contribution in [3.8, 4) is 0 Å². The van der Waals surface area contributed by atoms with E-state index in [2.05, 4.69) is 34.3 Å². The molecule has 0 amide bonds. The fraction of sp³-hybridized carbons (Fsp3) is 0.667. The van der Waals surface area contributed by atoms with Crippen LogP contribution in [-0.2, 0) is 0 Å². The highest BCUT2D eigenvalue weighted by Gasteiger charge is 2.39. The molecule has 15 heavy (non-hydrogen) atoms. The summed E-state index contributed by atoms with van der Waals surface area (Å²) in [5, 5.41) is 2.12. The molecule has 0 bridgehead atoms. The molecule has 2 N–H and O–H groups in total. The van der Waals surface area contributed by atoms with E-state index < -0.39 is 0 Å². The first-order chi connectivity index (χ1) is 7.19. The molecule has 1 fully saturated rings. The Kier molecular flexibility index (Phi) is 3.53. The first kappa shape index (κ1) is 11.6. The molecule has 1 unspecified atom stereocenters. The van der Waals surface area contributed by atoms with Crippen molar-refractivity contribution in [2.75, 3.05) is 0 Å². The highest BCUT2D eigenvalue weighted by atomic mass is 79.9. The third kappa shape index (κ3) is 2.02. The summed E-state index contributed by atoms with van der Waals surface area (Å²) in [6, 6.07) is 2.33. The lowest BCUT2D eigenvalue weighted by Crippen LogP contribution is -2.31. The first-order valence-electron chi connectivity index (χ1n) is 5.68. The maximum absolute atomic E-state index is 6.47. The fourth-order valence-electron chi connectivity index (χ4n) is 2.77. The van der Waals surface area contributed by atoms with Crippen LogP contribution in [0.4, 0.5) is 0 Å². The minimum Gasteiger partial charge on any atom is -0.323 e. The van der Waals surface area contributed by atoms with Gasteiger partial charge in [-0.3, -0.25) is 0 Å². The van der Waals surface area contributed by atoms with Gasteiger partial charge < -0.3 is 5.73 Å². The minimum atomic E-state index is 0.222. The van der Waals surface area contributed by atoms with Crippen LogP contribution in [0.25, 0.3) is 0 Å². The molecule has 0 saturated heterocycles. The van der Waals surface area contributed by atoms with Crippen molar-refractivity contribution in [1.82, 2.24) is 0 Å². The molecule has 84 valence electrons. The average molecular weight is 288 g/mol. The first-order valence-corrected chi connectivity index (χ1v) is 7.35. The van der Waals surface area contributed by atoms with Crippen LogP contribution in [0.15, 0.2) is 15.9 Å². The molecular formula is C12H18BrNS. The third-order valence-corrected chi connectivity index (χ3v) is 5.84. The monoisotopic (exact) mass is 287 g/mol. The maximum Gasteiger partial charge on any atom is 0.0458 e. The second-order valence-corrected chi connectivity index (χ2v) is 6.34. The highest BCUT2D eigenvalue weighted by molar-refractivity contribution is 9.10. The lowest BCUT2D eigenvalue weighted by Gasteiger charge is -2.34. The number of hydrogen-bond acceptors (Lipinski definition) is 2. The van der Waals surface area contributed by atoms with Crippen molar-refractivity contribution in [2.24, 2.45) is 11.1 Å². The Morgan fingerprint density at radius 2 is 2.20 bits per heavy atom. The predicted octanol–water partition coefficient (Wildman–Crippen LogP) is 4.48. The van der Waals surface area contributed by atoms with Crippen molar-refractivity contribution in [1.29, 1.82) is 0 Å². The summed E-state index contributed by atoms with van der Waals surface area (Å²) >= 11 is 5.38. The van der Waals surface area contributed by atoms with Gasteiger partial charge in [-0.1, -0.05) is 19.8 Å². The standard InChI is InChI=1S/C12H18BrNS/c1-2-12(6-3-4-7-12)11(14)10-9(13)5-8-15-10/h5,8,11H,2-4,6-7,14H2,1H3. The number of hydrogen-bond donors (Lipinski definition) is 1. The molecule has 1 aliphatic rings. The van der Waals surface area contributed by atoms with E-state index in [-0.39, 0.29) is 6.04 Å². The van der Waals surface area contributed by atoms with Crippen molar-refractivity contribution >= 4 is 27.3 Å². The van der Waals surface area contributed by atoms with Gasteiger partial charge in [0, 0.05) is 15.4 Å². The molecule has 3 heteroatoms. The van der Waals surface area contributed by atoms with E-state index in [9.17, 15) is 0 Å². The molecule has 1 aromatic heterocycles. The van der Waals surface area contributed by atoms with E-state index in [4.69, 9.17) is 5.73 Å². The van der Waals surface area contributed by atoms with Gasteiger partial charge in [0.15, 0.2) is 0 Å². The smallest absolute Gasteiger partial charge is 0.0458 e. The topological polar surface area (TPSA) is 26.0 Å². The van der Waals surface area contributed by atoms with Gasteiger partial charge in [-0.05, 0) is 52.1 Å². The second kappa shape index (κ2) is 4.56. The number of halogens is 1. The van der Waals surface area contributed by atoms with E-state index >= 15 is 0 Å². The van der Waals surface area contributed by atoms with E-state index in [0.29, 0.717) is 5.41 Å². The second-order valence-electron chi connectivity index (χ2n) is 4.53. The Labute approximate surface area is 104 Å². The van der Waals surface area contributed by atoms with Crippen LogP contribution in [0.5, 0.6) is 0 Å². The van der Waals surface area contributed by atoms with Gasteiger partial charge in [-0.25, -0.2) is 0 Å². The molecule has 1 atom stereocenters. The lowest BCUT2D eigenvalue weighted by atomic mass is 9.76. The summed E-state index contributed by atoms with van der Waals surface area (Å²) in [5.41, 5.74) is 6.84. The van der Waals surface area contributed by atoms with Crippen molar-refractivity contribution in [3.63, 3.8) is 0 Å². The third-order valence-electron chi connectivity index (χ3n) is 3.89. The van der Waals surface area contributed by atoms with Crippen molar-refractivity contribution < 1.29 is 0 Å². The summed E-state index contributed by atoms with van der Waals surface area (Å²) in [6.07, 6.45) is 6.51. The maximum atomic E-state index is 6.47. The SMILES string of the molecule is CCC1(C(N)c2sccc2Br)CCCC1. The van der Waals surface area contributed by atoms with Crippen LogP contribution in [0.2, 0.25) is 0 Å². The molecule has 1 aromatic rings. The highest BCUT2D eigenvalue weighted by Crippen LogP contribution is 2.50. The fourth-order valence-corrected chi connectivity index (χ4v) is 4.53. The molecule has 1 saturated carbocycles.